The molecule has 0 unspecified atom stereocenters. The van der Waals surface area contributed by atoms with E-state index in [1.807, 2.05) is 17.0 Å². The second-order valence-electron chi connectivity index (χ2n) is 6.12. The lowest BCUT2D eigenvalue weighted by atomic mass is 9.96. The molecule has 6 heteroatoms. The van der Waals surface area contributed by atoms with Crippen molar-refractivity contribution in [3.05, 3.63) is 30.4 Å². The molecule has 0 aromatic carbocycles. The van der Waals surface area contributed by atoms with Gasteiger partial charge in [0.2, 0.25) is 17.6 Å². The van der Waals surface area contributed by atoms with Gasteiger partial charge in [0, 0.05) is 37.0 Å². The molecule has 6 nitrogen and oxygen atoms in total. The second kappa shape index (κ2) is 5.51. The fourth-order valence-corrected chi connectivity index (χ4v) is 3.26. The van der Waals surface area contributed by atoms with E-state index in [4.69, 9.17) is 4.52 Å². The molecule has 0 radical (unpaired) electrons. The standard InChI is InChI=1S/C16H18N4O2/c21-16(11-4-1-2-5-11)20-9-13(10-20)15-18-14(19-22-15)12-6-3-7-17-8-12/h3,6-8,11,13H,1-2,4-5,9-10H2. The first-order valence-corrected chi connectivity index (χ1v) is 7.84. The Kier molecular flexibility index (Phi) is 3.36. The van der Waals surface area contributed by atoms with E-state index in [2.05, 4.69) is 15.1 Å². The van der Waals surface area contributed by atoms with Crippen molar-refractivity contribution in [3.63, 3.8) is 0 Å². The molecule has 1 amide bonds. The van der Waals surface area contributed by atoms with Crippen LogP contribution in [-0.4, -0.2) is 39.0 Å². The molecule has 114 valence electrons. The molecule has 0 spiro atoms. The van der Waals surface area contributed by atoms with Gasteiger partial charge in [-0.3, -0.25) is 9.78 Å². The van der Waals surface area contributed by atoms with Crippen molar-refractivity contribution in [1.29, 1.82) is 0 Å². The van der Waals surface area contributed by atoms with E-state index in [-0.39, 0.29) is 11.8 Å². The second-order valence-corrected chi connectivity index (χ2v) is 6.12. The van der Waals surface area contributed by atoms with Crippen molar-refractivity contribution in [2.24, 2.45) is 5.92 Å². The molecule has 2 aliphatic rings. The maximum Gasteiger partial charge on any atom is 0.233 e. The lowest BCUT2D eigenvalue weighted by Crippen LogP contribution is -2.50. The molecule has 3 heterocycles. The van der Waals surface area contributed by atoms with Gasteiger partial charge in [-0.05, 0) is 25.0 Å². The molecule has 0 bridgehead atoms. The summed E-state index contributed by atoms with van der Waals surface area (Å²) in [5.41, 5.74) is 0.843. The van der Waals surface area contributed by atoms with Gasteiger partial charge in [-0.1, -0.05) is 18.0 Å². The molecular weight excluding hydrogens is 280 g/mol. The highest BCUT2D eigenvalue weighted by atomic mass is 16.5. The molecule has 1 saturated carbocycles. The van der Waals surface area contributed by atoms with Crippen molar-refractivity contribution in [2.75, 3.05) is 13.1 Å². The van der Waals surface area contributed by atoms with Crippen LogP contribution in [0.25, 0.3) is 11.4 Å². The molecule has 1 aliphatic heterocycles. The molecule has 1 saturated heterocycles. The lowest BCUT2D eigenvalue weighted by Gasteiger charge is -2.38. The van der Waals surface area contributed by atoms with Crippen LogP contribution in [-0.2, 0) is 4.79 Å². The van der Waals surface area contributed by atoms with Crippen LogP contribution in [0.2, 0.25) is 0 Å². The molecule has 4 rings (SSSR count). The number of carbonyl (C=O) groups is 1. The molecule has 22 heavy (non-hydrogen) atoms. The van der Waals surface area contributed by atoms with E-state index in [1.54, 1.807) is 12.4 Å². The number of pyridine rings is 1. The van der Waals surface area contributed by atoms with Gasteiger partial charge in [0.15, 0.2) is 0 Å². The fourth-order valence-electron chi connectivity index (χ4n) is 3.26. The number of carbonyl (C=O) groups excluding carboxylic acids is 1. The number of hydrogen-bond acceptors (Lipinski definition) is 5. The predicted octanol–water partition coefficient (Wildman–Crippen LogP) is 2.25. The van der Waals surface area contributed by atoms with Crippen molar-refractivity contribution < 1.29 is 9.32 Å². The Morgan fingerprint density at radius 3 is 2.82 bits per heavy atom. The van der Waals surface area contributed by atoms with Gasteiger partial charge in [-0.2, -0.15) is 4.98 Å². The molecule has 0 N–H and O–H groups in total. The number of aromatic nitrogens is 3. The Labute approximate surface area is 128 Å². The Hall–Kier alpha value is -2.24. The minimum atomic E-state index is 0.170. The summed E-state index contributed by atoms with van der Waals surface area (Å²) in [4.78, 5) is 22.7. The smallest absolute Gasteiger partial charge is 0.233 e. The van der Waals surface area contributed by atoms with E-state index in [1.165, 1.54) is 12.8 Å². The van der Waals surface area contributed by atoms with Gasteiger partial charge in [-0.15, -0.1) is 0 Å². The Morgan fingerprint density at radius 1 is 1.27 bits per heavy atom. The summed E-state index contributed by atoms with van der Waals surface area (Å²) in [6, 6.07) is 3.75. The van der Waals surface area contributed by atoms with Crippen LogP contribution in [0.1, 0.15) is 37.5 Å². The molecular formula is C16H18N4O2. The lowest BCUT2D eigenvalue weighted by molar-refractivity contribution is -0.140. The van der Waals surface area contributed by atoms with Crippen LogP contribution in [0.5, 0.6) is 0 Å². The summed E-state index contributed by atoms with van der Waals surface area (Å²) >= 11 is 0. The van der Waals surface area contributed by atoms with Crippen molar-refractivity contribution in [2.45, 2.75) is 31.6 Å². The van der Waals surface area contributed by atoms with E-state index in [0.717, 1.165) is 18.4 Å². The first-order chi connectivity index (χ1) is 10.8. The minimum Gasteiger partial charge on any atom is -0.341 e. The summed E-state index contributed by atoms with van der Waals surface area (Å²) in [5, 5.41) is 4.01. The molecule has 2 aromatic heterocycles. The number of hydrogen-bond donors (Lipinski definition) is 0. The summed E-state index contributed by atoms with van der Waals surface area (Å²) in [5.74, 6) is 1.90. The highest BCUT2D eigenvalue weighted by Crippen LogP contribution is 2.32. The fraction of sp³-hybridized carbons (Fsp3) is 0.500. The Bertz CT molecular complexity index is 658. The zero-order chi connectivity index (χ0) is 14.9. The van der Waals surface area contributed by atoms with Gasteiger partial charge >= 0.3 is 0 Å². The quantitative estimate of drug-likeness (QED) is 0.869. The summed E-state index contributed by atoms with van der Waals surface area (Å²) in [7, 11) is 0. The predicted molar refractivity (Wildman–Crippen MR) is 78.8 cm³/mol. The van der Waals surface area contributed by atoms with Crippen LogP contribution in [0.3, 0.4) is 0 Å². The average molecular weight is 298 g/mol. The normalized spacial score (nSPS) is 19.4. The van der Waals surface area contributed by atoms with Crippen LogP contribution < -0.4 is 0 Å². The van der Waals surface area contributed by atoms with E-state index >= 15 is 0 Å². The van der Waals surface area contributed by atoms with Crippen LogP contribution >= 0.6 is 0 Å². The molecule has 1 aliphatic carbocycles. The van der Waals surface area contributed by atoms with Gasteiger partial charge in [0.05, 0.1) is 5.92 Å². The van der Waals surface area contributed by atoms with Crippen LogP contribution in [0.4, 0.5) is 0 Å². The molecule has 0 atom stereocenters. The van der Waals surface area contributed by atoms with E-state index in [9.17, 15) is 4.79 Å². The number of amides is 1. The van der Waals surface area contributed by atoms with E-state index in [0.29, 0.717) is 30.7 Å². The average Bonchev–Trinajstić information content (AvgIpc) is 3.18. The molecule has 2 aromatic rings. The summed E-state index contributed by atoms with van der Waals surface area (Å²) in [6.45, 7) is 1.40. The summed E-state index contributed by atoms with van der Waals surface area (Å²) in [6.07, 6.45) is 7.89. The Morgan fingerprint density at radius 2 is 2.09 bits per heavy atom. The number of likely N-dealkylation sites (tertiary alicyclic amines) is 1. The number of rotatable bonds is 3. The van der Waals surface area contributed by atoms with E-state index < -0.39 is 0 Å². The van der Waals surface area contributed by atoms with Crippen LogP contribution in [0.15, 0.2) is 29.0 Å². The first kappa shape index (κ1) is 13.4. The largest absolute Gasteiger partial charge is 0.341 e. The topological polar surface area (TPSA) is 72.1 Å². The Balaban J connectivity index is 1.39. The van der Waals surface area contributed by atoms with Crippen molar-refractivity contribution >= 4 is 5.91 Å². The first-order valence-electron chi connectivity index (χ1n) is 7.84. The third kappa shape index (κ3) is 2.38. The molecule has 2 fully saturated rings. The maximum absolute atomic E-state index is 12.3. The monoisotopic (exact) mass is 298 g/mol. The summed E-state index contributed by atoms with van der Waals surface area (Å²) < 4.78 is 5.35. The van der Waals surface area contributed by atoms with Crippen LogP contribution in [0, 0.1) is 5.92 Å². The minimum absolute atomic E-state index is 0.170. The van der Waals surface area contributed by atoms with Crippen molar-refractivity contribution in [3.8, 4) is 11.4 Å². The number of nitrogens with zero attached hydrogens (tertiary/aromatic N) is 4. The third-order valence-electron chi connectivity index (χ3n) is 4.61. The van der Waals surface area contributed by atoms with Gasteiger partial charge < -0.3 is 9.42 Å². The van der Waals surface area contributed by atoms with Gasteiger partial charge in [0.1, 0.15) is 0 Å². The zero-order valence-corrected chi connectivity index (χ0v) is 12.3. The maximum atomic E-state index is 12.3. The van der Waals surface area contributed by atoms with Gasteiger partial charge in [-0.25, -0.2) is 0 Å². The SMILES string of the molecule is O=C(C1CCCC1)N1CC(c2nc(-c3cccnc3)no2)C1. The third-order valence-corrected chi connectivity index (χ3v) is 4.61. The highest BCUT2D eigenvalue weighted by molar-refractivity contribution is 5.80. The van der Waals surface area contributed by atoms with Crippen molar-refractivity contribution in [1.82, 2.24) is 20.0 Å². The highest BCUT2D eigenvalue weighted by Gasteiger charge is 2.38. The van der Waals surface area contributed by atoms with Gasteiger partial charge in [0.25, 0.3) is 0 Å². The zero-order valence-electron chi connectivity index (χ0n) is 12.3.